The fourth-order valence-corrected chi connectivity index (χ4v) is 2.55. The van der Waals surface area contributed by atoms with Gasteiger partial charge < -0.3 is 4.74 Å². The van der Waals surface area contributed by atoms with Crippen LogP contribution in [0.2, 0.25) is 0 Å². The van der Waals surface area contributed by atoms with Crippen LogP contribution < -0.4 is 0 Å². The Morgan fingerprint density at radius 2 is 2.17 bits per heavy atom. The summed E-state index contributed by atoms with van der Waals surface area (Å²) in [5.74, 6) is 0.188. The standard InChI is InChI=1S/C9H13FO2/c1-5(11)12-9-4-6-2-7(9)8(10)3-6/h6-9H,2-4H2,1H3. The van der Waals surface area contributed by atoms with Crippen LogP contribution in [0.1, 0.15) is 26.2 Å². The largest absolute Gasteiger partial charge is 0.462 e. The Labute approximate surface area is 71.1 Å². The molecule has 68 valence electrons. The molecule has 2 aliphatic rings. The van der Waals surface area contributed by atoms with Crippen molar-refractivity contribution >= 4 is 5.97 Å². The average Bonchev–Trinajstić information content (AvgIpc) is 2.43. The van der Waals surface area contributed by atoms with Gasteiger partial charge in [0.2, 0.25) is 0 Å². The van der Waals surface area contributed by atoms with Gasteiger partial charge in [-0.2, -0.15) is 0 Å². The van der Waals surface area contributed by atoms with Crippen LogP contribution in [0.15, 0.2) is 0 Å². The van der Waals surface area contributed by atoms with Crippen LogP contribution in [0.4, 0.5) is 4.39 Å². The van der Waals surface area contributed by atoms with E-state index in [1.807, 2.05) is 0 Å². The highest BCUT2D eigenvalue weighted by Crippen LogP contribution is 2.47. The summed E-state index contributed by atoms with van der Waals surface area (Å²) < 4.78 is 18.2. The van der Waals surface area contributed by atoms with E-state index in [4.69, 9.17) is 4.74 Å². The molecule has 2 aliphatic carbocycles. The van der Waals surface area contributed by atoms with Crippen molar-refractivity contribution < 1.29 is 13.9 Å². The molecule has 2 nitrogen and oxygen atoms in total. The summed E-state index contributed by atoms with van der Waals surface area (Å²) in [5, 5.41) is 0. The molecule has 4 unspecified atom stereocenters. The van der Waals surface area contributed by atoms with Crippen LogP contribution in [-0.2, 0) is 9.53 Å². The molecule has 0 spiro atoms. The number of hydrogen-bond acceptors (Lipinski definition) is 2. The third-order valence-corrected chi connectivity index (χ3v) is 2.99. The Balaban J connectivity index is 1.98. The number of fused-ring (bicyclic) bond motifs is 2. The fourth-order valence-electron chi connectivity index (χ4n) is 2.55. The predicted molar refractivity (Wildman–Crippen MR) is 41.3 cm³/mol. The number of alkyl halides is 1. The van der Waals surface area contributed by atoms with Crippen LogP contribution in [0.5, 0.6) is 0 Å². The minimum absolute atomic E-state index is 0.00102. The molecule has 2 rings (SSSR count). The molecular formula is C9H13FO2. The van der Waals surface area contributed by atoms with E-state index in [0.717, 1.165) is 12.8 Å². The third-order valence-electron chi connectivity index (χ3n) is 2.99. The summed E-state index contributed by atoms with van der Waals surface area (Å²) in [5.41, 5.74) is 0. The number of hydrogen-bond donors (Lipinski definition) is 0. The van der Waals surface area contributed by atoms with Gasteiger partial charge in [-0.15, -0.1) is 0 Å². The topological polar surface area (TPSA) is 26.3 Å². The Kier molecular flexibility index (Phi) is 1.81. The van der Waals surface area contributed by atoms with Crippen molar-refractivity contribution in [1.82, 2.24) is 0 Å². The van der Waals surface area contributed by atoms with Gasteiger partial charge in [-0.3, -0.25) is 4.79 Å². The lowest BCUT2D eigenvalue weighted by atomic mass is 9.96. The highest BCUT2D eigenvalue weighted by Gasteiger charge is 2.48. The van der Waals surface area contributed by atoms with Crippen LogP contribution >= 0.6 is 0 Å². The van der Waals surface area contributed by atoms with Crippen molar-refractivity contribution in [3.63, 3.8) is 0 Å². The first-order chi connectivity index (χ1) is 5.66. The molecule has 2 bridgehead atoms. The van der Waals surface area contributed by atoms with E-state index in [9.17, 15) is 9.18 Å². The molecule has 0 amide bonds. The number of carbonyl (C=O) groups is 1. The molecule has 2 fully saturated rings. The van der Waals surface area contributed by atoms with Gasteiger partial charge in [0.25, 0.3) is 0 Å². The maximum Gasteiger partial charge on any atom is 0.302 e. The number of carbonyl (C=O) groups excluding carboxylic acids is 1. The second kappa shape index (κ2) is 2.71. The molecule has 12 heavy (non-hydrogen) atoms. The minimum Gasteiger partial charge on any atom is -0.462 e. The lowest BCUT2D eigenvalue weighted by Gasteiger charge is -2.23. The van der Waals surface area contributed by atoms with Crippen LogP contribution in [0.25, 0.3) is 0 Å². The first kappa shape index (κ1) is 8.02. The first-order valence-electron chi connectivity index (χ1n) is 4.48. The molecule has 0 N–H and O–H groups in total. The molecule has 0 saturated heterocycles. The fraction of sp³-hybridized carbons (Fsp3) is 0.889. The summed E-state index contributed by atoms with van der Waals surface area (Å²) >= 11 is 0. The number of halogens is 1. The first-order valence-corrected chi connectivity index (χ1v) is 4.48. The third kappa shape index (κ3) is 1.21. The van der Waals surface area contributed by atoms with Gasteiger partial charge in [-0.1, -0.05) is 0 Å². The molecule has 0 heterocycles. The zero-order valence-corrected chi connectivity index (χ0v) is 7.13. The second-order valence-electron chi connectivity index (χ2n) is 3.90. The Morgan fingerprint density at radius 3 is 2.67 bits per heavy atom. The zero-order chi connectivity index (χ0) is 8.72. The maximum absolute atomic E-state index is 13.1. The molecular weight excluding hydrogens is 159 g/mol. The van der Waals surface area contributed by atoms with Gasteiger partial charge in [0, 0.05) is 12.8 Å². The van der Waals surface area contributed by atoms with E-state index in [1.165, 1.54) is 6.92 Å². The summed E-state index contributed by atoms with van der Waals surface area (Å²) in [6.07, 6.45) is 1.62. The minimum atomic E-state index is -0.729. The second-order valence-corrected chi connectivity index (χ2v) is 3.90. The average molecular weight is 172 g/mol. The van der Waals surface area contributed by atoms with Crippen molar-refractivity contribution in [2.75, 3.05) is 0 Å². The summed E-state index contributed by atoms with van der Waals surface area (Å²) in [7, 11) is 0. The van der Waals surface area contributed by atoms with E-state index in [0.29, 0.717) is 12.3 Å². The molecule has 0 aromatic rings. The Bertz CT molecular complexity index is 205. The number of rotatable bonds is 1. The van der Waals surface area contributed by atoms with Crippen LogP contribution in [0, 0.1) is 11.8 Å². The normalized spacial score (nSPS) is 44.8. The zero-order valence-electron chi connectivity index (χ0n) is 7.13. The van der Waals surface area contributed by atoms with Gasteiger partial charge in [-0.05, 0) is 25.2 Å². The molecule has 0 aromatic carbocycles. The van der Waals surface area contributed by atoms with E-state index >= 15 is 0 Å². The molecule has 0 aliphatic heterocycles. The van der Waals surface area contributed by atoms with Crippen LogP contribution in [-0.4, -0.2) is 18.2 Å². The highest BCUT2D eigenvalue weighted by atomic mass is 19.1. The number of esters is 1. The van der Waals surface area contributed by atoms with Crippen molar-refractivity contribution in [3.05, 3.63) is 0 Å². The van der Waals surface area contributed by atoms with Gasteiger partial charge >= 0.3 is 5.97 Å². The van der Waals surface area contributed by atoms with Gasteiger partial charge in [-0.25, -0.2) is 4.39 Å². The Morgan fingerprint density at radius 1 is 1.42 bits per heavy atom. The van der Waals surface area contributed by atoms with E-state index in [2.05, 4.69) is 0 Å². The van der Waals surface area contributed by atoms with Crippen molar-refractivity contribution in [2.45, 2.75) is 38.5 Å². The molecule has 3 heteroatoms. The van der Waals surface area contributed by atoms with Gasteiger partial charge in [0.15, 0.2) is 0 Å². The van der Waals surface area contributed by atoms with E-state index in [-0.39, 0.29) is 18.0 Å². The van der Waals surface area contributed by atoms with E-state index in [1.54, 1.807) is 0 Å². The van der Waals surface area contributed by atoms with E-state index < -0.39 is 6.17 Å². The van der Waals surface area contributed by atoms with Gasteiger partial charge in [0.05, 0.1) is 0 Å². The lowest BCUT2D eigenvalue weighted by molar-refractivity contribution is -0.149. The SMILES string of the molecule is CC(=O)OC1CC2CC(F)C1C2. The molecule has 2 saturated carbocycles. The molecule has 0 aromatic heterocycles. The molecule has 4 atom stereocenters. The predicted octanol–water partition coefficient (Wildman–Crippen LogP) is 1.69. The summed E-state index contributed by atoms with van der Waals surface area (Å²) in [6, 6.07) is 0. The van der Waals surface area contributed by atoms with Crippen molar-refractivity contribution in [2.24, 2.45) is 11.8 Å². The lowest BCUT2D eigenvalue weighted by Crippen LogP contribution is -2.29. The smallest absolute Gasteiger partial charge is 0.302 e. The van der Waals surface area contributed by atoms with Crippen LogP contribution in [0.3, 0.4) is 0 Å². The Hall–Kier alpha value is -0.600. The quantitative estimate of drug-likeness (QED) is 0.562. The van der Waals surface area contributed by atoms with Gasteiger partial charge in [0.1, 0.15) is 12.3 Å². The van der Waals surface area contributed by atoms with Crippen molar-refractivity contribution in [3.8, 4) is 0 Å². The number of ether oxygens (including phenoxy) is 1. The molecule has 0 radical (unpaired) electrons. The summed E-state index contributed by atoms with van der Waals surface area (Å²) in [4.78, 5) is 10.6. The monoisotopic (exact) mass is 172 g/mol. The van der Waals surface area contributed by atoms with Crippen molar-refractivity contribution in [1.29, 1.82) is 0 Å². The highest BCUT2D eigenvalue weighted by molar-refractivity contribution is 5.66. The summed E-state index contributed by atoms with van der Waals surface area (Å²) in [6.45, 7) is 1.39. The maximum atomic E-state index is 13.1.